The van der Waals surface area contributed by atoms with E-state index < -0.39 is 17.8 Å². The van der Waals surface area contributed by atoms with Crippen molar-refractivity contribution in [3.8, 4) is 11.5 Å². The number of nitrogens with one attached hydrogen (secondary N) is 1. The molecular formula is C26H17Cl2IN2O6S. The number of nitrogens with zero attached hydrogens (tertiary/aromatic N) is 1. The van der Waals surface area contributed by atoms with Crippen LogP contribution in [-0.2, 0) is 16.2 Å². The normalized spacial score (nSPS) is 14.5. The number of anilines is 1. The Morgan fingerprint density at radius 2 is 1.92 bits per heavy atom. The third-order valence-corrected chi connectivity index (χ3v) is 7.08. The van der Waals surface area contributed by atoms with Gasteiger partial charge in [0.2, 0.25) is 0 Å². The van der Waals surface area contributed by atoms with E-state index in [1.165, 1.54) is 37.5 Å². The van der Waals surface area contributed by atoms with Crippen molar-refractivity contribution in [1.29, 1.82) is 0 Å². The van der Waals surface area contributed by atoms with Crippen molar-refractivity contribution in [2.24, 2.45) is 0 Å². The maximum atomic E-state index is 13.3. The van der Waals surface area contributed by atoms with Gasteiger partial charge in [0.05, 0.1) is 21.9 Å². The monoisotopic (exact) mass is 682 g/mol. The molecule has 0 aromatic heterocycles. The molecule has 1 aliphatic heterocycles. The fraction of sp³-hybridized carbons (Fsp3) is 0.0769. The highest BCUT2D eigenvalue weighted by Gasteiger charge is 2.35. The molecule has 4 rings (SSSR count). The number of amides is 2. The second kappa shape index (κ2) is 11.7. The van der Waals surface area contributed by atoms with E-state index in [1.54, 1.807) is 30.3 Å². The molecule has 0 saturated carbocycles. The number of carbonyl (C=O) groups is 3. The van der Waals surface area contributed by atoms with Crippen molar-refractivity contribution in [1.82, 2.24) is 5.32 Å². The third kappa shape index (κ3) is 5.93. The summed E-state index contributed by atoms with van der Waals surface area (Å²) in [5, 5.41) is 12.6. The lowest BCUT2D eigenvalue weighted by molar-refractivity contribution is -0.122. The number of thiocarbonyl (C=S) groups is 1. The van der Waals surface area contributed by atoms with Crippen molar-refractivity contribution >= 4 is 92.7 Å². The van der Waals surface area contributed by atoms with Crippen LogP contribution in [0.1, 0.15) is 21.5 Å². The minimum absolute atomic E-state index is 0.0321. The van der Waals surface area contributed by atoms with Gasteiger partial charge in [-0.2, -0.15) is 0 Å². The van der Waals surface area contributed by atoms with E-state index in [0.29, 0.717) is 30.7 Å². The predicted molar refractivity (Wildman–Crippen MR) is 156 cm³/mol. The van der Waals surface area contributed by atoms with E-state index in [0.717, 1.165) is 10.5 Å². The smallest absolute Gasteiger partial charge is 0.335 e. The lowest BCUT2D eigenvalue weighted by atomic mass is 10.1. The first-order valence-electron chi connectivity index (χ1n) is 10.8. The molecule has 0 atom stereocenters. The summed E-state index contributed by atoms with van der Waals surface area (Å²) >= 11 is 19.5. The van der Waals surface area contributed by atoms with Crippen LogP contribution >= 0.6 is 58.0 Å². The minimum Gasteiger partial charge on any atom is -0.493 e. The summed E-state index contributed by atoms with van der Waals surface area (Å²) in [6.45, 7) is 0.158. The number of ether oxygens (including phenoxy) is 2. The van der Waals surface area contributed by atoms with E-state index >= 15 is 0 Å². The topological polar surface area (TPSA) is 105 Å². The minimum atomic E-state index is -1.16. The second-order valence-corrected chi connectivity index (χ2v) is 10.3. The number of hydrogen-bond donors (Lipinski definition) is 2. The lowest BCUT2D eigenvalue weighted by Gasteiger charge is -2.29. The molecule has 0 unspecified atom stereocenters. The standard InChI is InChI=1S/C26H17Cl2IN2O6S/c1-36-21-9-13(8-20(29)22(21)37-12-15-5-6-16(27)11-19(15)28)7-18-23(32)30-26(38)31(24(18)33)17-4-2-3-14(10-17)25(34)35/h2-11H,12H2,1H3,(H,34,35)(H,30,32,38). The van der Waals surface area contributed by atoms with Crippen molar-refractivity contribution in [3.05, 3.63) is 90.5 Å². The van der Waals surface area contributed by atoms with Crippen LogP contribution in [0.15, 0.2) is 60.2 Å². The SMILES string of the molecule is COc1cc(C=C2C(=O)NC(=S)N(c3cccc(C(=O)O)c3)C2=O)cc(I)c1OCc1ccc(Cl)cc1Cl. The number of hydrogen-bond acceptors (Lipinski definition) is 6. The van der Waals surface area contributed by atoms with E-state index in [1.807, 2.05) is 0 Å². The highest BCUT2D eigenvalue weighted by atomic mass is 127. The number of benzene rings is 3. The maximum Gasteiger partial charge on any atom is 0.335 e. The Bertz CT molecular complexity index is 1530. The molecule has 3 aromatic rings. The van der Waals surface area contributed by atoms with Crippen LogP contribution in [0.2, 0.25) is 10.0 Å². The van der Waals surface area contributed by atoms with Gasteiger partial charge in [0.25, 0.3) is 11.8 Å². The number of carboxylic acids is 1. The number of halogens is 3. The lowest BCUT2D eigenvalue weighted by Crippen LogP contribution is -2.54. The van der Waals surface area contributed by atoms with Crippen LogP contribution in [0.25, 0.3) is 6.08 Å². The van der Waals surface area contributed by atoms with Crippen molar-refractivity contribution in [2.75, 3.05) is 12.0 Å². The van der Waals surface area contributed by atoms with E-state index in [-0.39, 0.29) is 28.5 Å². The van der Waals surface area contributed by atoms with Crippen LogP contribution in [0.4, 0.5) is 5.69 Å². The molecule has 1 heterocycles. The number of methoxy groups -OCH3 is 1. The van der Waals surface area contributed by atoms with Gasteiger partial charge in [-0.05, 0) is 88.9 Å². The Kier molecular flexibility index (Phi) is 8.56. The van der Waals surface area contributed by atoms with Crippen LogP contribution in [0.5, 0.6) is 11.5 Å². The van der Waals surface area contributed by atoms with Crippen LogP contribution in [0.3, 0.4) is 0 Å². The Morgan fingerprint density at radius 3 is 2.61 bits per heavy atom. The molecule has 1 saturated heterocycles. The van der Waals surface area contributed by atoms with Gasteiger partial charge in [0.15, 0.2) is 16.6 Å². The molecule has 3 aromatic carbocycles. The first kappa shape index (κ1) is 27.8. The molecule has 0 spiro atoms. The molecule has 2 N–H and O–H groups in total. The first-order valence-corrected chi connectivity index (χ1v) is 13.0. The van der Waals surface area contributed by atoms with E-state index in [9.17, 15) is 19.5 Å². The zero-order chi connectivity index (χ0) is 27.6. The molecule has 0 radical (unpaired) electrons. The fourth-order valence-electron chi connectivity index (χ4n) is 3.59. The molecule has 194 valence electrons. The molecule has 12 heteroatoms. The predicted octanol–water partition coefficient (Wildman–Crippen LogP) is 5.72. The van der Waals surface area contributed by atoms with Gasteiger partial charge in [0.1, 0.15) is 12.2 Å². The average molecular weight is 683 g/mol. The highest BCUT2D eigenvalue weighted by Crippen LogP contribution is 2.36. The molecule has 2 amide bonds. The Hall–Kier alpha value is -3.19. The molecule has 0 bridgehead atoms. The number of carbonyl (C=O) groups excluding carboxylic acids is 2. The first-order chi connectivity index (χ1) is 18.1. The van der Waals surface area contributed by atoms with Crippen molar-refractivity contribution < 1.29 is 29.0 Å². The van der Waals surface area contributed by atoms with Gasteiger partial charge in [-0.25, -0.2) is 4.79 Å². The molecule has 1 aliphatic rings. The summed E-state index contributed by atoms with van der Waals surface area (Å²) in [6, 6.07) is 14.1. The Balaban J connectivity index is 1.65. The molecule has 1 fully saturated rings. The number of aromatic carboxylic acids is 1. The van der Waals surface area contributed by atoms with Gasteiger partial charge < -0.3 is 14.6 Å². The van der Waals surface area contributed by atoms with E-state index in [2.05, 4.69) is 27.9 Å². The van der Waals surface area contributed by atoms with Gasteiger partial charge in [0, 0.05) is 15.6 Å². The second-order valence-electron chi connectivity index (χ2n) is 7.87. The van der Waals surface area contributed by atoms with Crippen LogP contribution in [-0.4, -0.2) is 35.1 Å². The molecule has 38 heavy (non-hydrogen) atoms. The van der Waals surface area contributed by atoms with Crippen molar-refractivity contribution in [3.63, 3.8) is 0 Å². The Morgan fingerprint density at radius 1 is 1.16 bits per heavy atom. The summed E-state index contributed by atoms with van der Waals surface area (Å²) < 4.78 is 12.1. The number of carboxylic acid groups (broad SMARTS) is 1. The highest BCUT2D eigenvalue weighted by molar-refractivity contribution is 14.1. The van der Waals surface area contributed by atoms with Crippen molar-refractivity contribution in [2.45, 2.75) is 6.61 Å². The molecule has 8 nitrogen and oxygen atoms in total. The average Bonchev–Trinajstić information content (AvgIpc) is 2.86. The Labute approximate surface area is 246 Å². The summed E-state index contributed by atoms with van der Waals surface area (Å²) in [4.78, 5) is 38.5. The van der Waals surface area contributed by atoms with Crippen LogP contribution < -0.4 is 19.7 Å². The number of rotatable bonds is 7. The summed E-state index contributed by atoms with van der Waals surface area (Å²) in [5.41, 5.74) is 1.21. The molecular weight excluding hydrogens is 666 g/mol. The van der Waals surface area contributed by atoms with Gasteiger partial charge in [-0.3, -0.25) is 19.8 Å². The van der Waals surface area contributed by atoms with E-state index in [4.69, 9.17) is 44.9 Å². The zero-order valence-corrected chi connectivity index (χ0v) is 23.9. The van der Waals surface area contributed by atoms with Gasteiger partial charge in [-0.1, -0.05) is 35.3 Å². The summed E-state index contributed by atoms with van der Waals surface area (Å²) in [7, 11) is 1.47. The van der Waals surface area contributed by atoms with Gasteiger partial charge >= 0.3 is 5.97 Å². The zero-order valence-electron chi connectivity index (χ0n) is 19.5. The maximum absolute atomic E-state index is 13.3. The summed E-state index contributed by atoms with van der Waals surface area (Å²) in [6.07, 6.45) is 1.40. The summed E-state index contributed by atoms with van der Waals surface area (Å²) in [5.74, 6) is -1.72. The third-order valence-electron chi connectivity index (χ3n) is 5.40. The van der Waals surface area contributed by atoms with Crippen LogP contribution in [0, 0.1) is 3.57 Å². The quantitative estimate of drug-likeness (QED) is 0.142. The molecule has 0 aliphatic carbocycles. The fourth-order valence-corrected chi connectivity index (χ4v) is 5.11. The van der Waals surface area contributed by atoms with Gasteiger partial charge in [-0.15, -0.1) is 0 Å². The largest absolute Gasteiger partial charge is 0.493 e.